The van der Waals surface area contributed by atoms with Gasteiger partial charge in [0, 0.05) is 25.3 Å². The molecule has 2 aliphatic heterocycles. The fourth-order valence-electron chi connectivity index (χ4n) is 2.83. The molecule has 0 radical (unpaired) electrons. The topological polar surface area (TPSA) is 75.7 Å². The summed E-state index contributed by atoms with van der Waals surface area (Å²) in [5.74, 6) is -0.267. The number of amides is 1. The molecule has 3 rings (SSSR count). The van der Waals surface area contributed by atoms with Crippen molar-refractivity contribution in [3.8, 4) is 0 Å². The number of nitrogens with one attached hydrogen (secondary N) is 1. The molecule has 1 N–H and O–H groups in total. The van der Waals surface area contributed by atoms with Crippen LogP contribution in [0.3, 0.4) is 0 Å². The summed E-state index contributed by atoms with van der Waals surface area (Å²) in [6.45, 7) is 4.00. The molecule has 1 aromatic carbocycles. The van der Waals surface area contributed by atoms with Crippen LogP contribution in [0.1, 0.15) is 30.1 Å². The molecule has 2 aliphatic rings. The van der Waals surface area contributed by atoms with E-state index >= 15 is 0 Å². The van der Waals surface area contributed by atoms with E-state index in [2.05, 4.69) is 5.32 Å². The monoisotopic (exact) mass is 350 g/mol. The van der Waals surface area contributed by atoms with Gasteiger partial charge in [-0.1, -0.05) is 17.7 Å². The molecule has 1 fully saturated rings. The summed E-state index contributed by atoms with van der Waals surface area (Å²) in [5, 5.41) is 2.88. The summed E-state index contributed by atoms with van der Waals surface area (Å²) >= 11 is 0. The number of hydrogen-bond acceptors (Lipinski definition) is 4. The van der Waals surface area contributed by atoms with E-state index in [0.29, 0.717) is 31.9 Å². The van der Waals surface area contributed by atoms with E-state index in [1.165, 1.54) is 22.0 Å². The summed E-state index contributed by atoms with van der Waals surface area (Å²) < 4.78 is 32.2. The molecule has 1 aromatic rings. The van der Waals surface area contributed by atoms with Crippen molar-refractivity contribution < 1.29 is 17.9 Å². The molecule has 0 aromatic heterocycles. The van der Waals surface area contributed by atoms with Gasteiger partial charge in [0.2, 0.25) is 10.0 Å². The third kappa shape index (κ3) is 3.68. The molecule has 0 saturated carbocycles. The fourth-order valence-corrected chi connectivity index (χ4v) is 4.26. The number of ether oxygens (including phenoxy) is 1. The Labute approximate surface area is 142 Å². The van der Waals surface area contributed by atoms with Crippen molar-refractivity contribution in [1.29, 1.82) is 0 Å². The van der Waals surface area contributed by atoms with Crippen molar-refractivity contribution in [2.24, 2.45) is 0 Å². The Hall–Kier alpha value is -1.70. The Bertz CT molecular complexity index is 752. The smallest absolute Gasteiger partial charge is 0.251 e. The molecule has 1 atom stereocenters. The minimum atomic E-state index is -3.58. The van der Waals surface area contributed by atoms with Crippen molar-refractivity contribution in [2.75, 3.05) is 26.3 Å². The molecule has 1 amide bonds. The van der Waals surface area contributed by atoms with Gasteiger partial charge >= 0.3 is 0 Å². The van der Waals surface area contributed by atoms with E-state index in [0.717, 1.165) is 12.8 Å². The van der Waals surface area contributed by atoms with Gasteiger partial charge in [-0.3, -0.25) is 4.79 Å². The molecule has 6 nitrogen and oxygen atoms in total. The summed E-state index contributed by atoms with van der Waals surface area (Å²) in [4.78, 5) is 12.5. The van der Waals surface area contributed by atoms with Gasteiger partial charge in [0.1, 0.15) is 0 Å². The largest absolute Gasteiger partial charge is 0.379 e. The van der Waals surface area contributed by atoms with E-state index < -0.39 is 10.0 Å². The summed E-state index contributed by atoms with van der Waals surface area (Å²) in [6, 6.07) is 6.22. The van der Waals surface area contributed by atoms with E-state index in [1.807, 2.05) is 13.0 Å². The number of hydrogen-bond donors (Lipinski definition) is 1. The molecular formula is C17H22N2O4S. The first-order valence-corrected chi connectivity index (χ1v) is 9.55. The quantitative estimate of drug-likeness (QED) is 0.836. The van der Waals surface area contributed by atoms with Crippen LogP contribution in [-0.4, -0.2) is 51.0 Å². The number of sulfonamides is 1. The molecule has 2 heterocycles. The van der Waals surface area contributed by atoms with E-state index in [-0.39, 0.29) is 16.8 Å². The summed E-state index contributed by atoms with van der Waals surface area (Å²) in [7, 11) is -3.58. The lowest BCUT2D eigenvalue weighted by atomic mass is 10.1. The average molecular weight is 350 g/mol. The van der Waals surface area contributed by atoms with Crippen LogP contribution in [0.5, 0.6) is 0 Å². The van der Waals surface area contributed by atoms with Crippen LogP contribution >= 0.6 is 0 Å². The maximum Gasteiger partial charge on any atom is 0.251 e. The highest BCUT2D eigenvalue weighted by Crippen LogP contribution is 2.21. The van der Waals surface area contributed by atoms with Gasteiger partial charge < -0.3 is 10.1 Å². The van der Waals surface area contributed by atoms with Gasteiger partial charge in [-0.15, -0.1) is 0 Å². The first-order valence-electron chi connectivity index (χ1n) is 8.11. The van der Waals surface area contributed by atoms with Crippen molar-refractivity contribution in [3.05, 3.63) is 41.5 Å². The van der Waals surface area contributed by atoms with Gasteiger partial charge in [-0.2, -0.15) is 4.31 Å². The third-order valence-corrected chi connectivity index (χ3v) is 6.26. The van der Waals surface area contributed by atoms with Gasteiger partial charge in [0.05, 0.1) is 17.5 Å². The van der Waals surface area contributed by atoms with Crippen LogP contribution in [0.2, 0.25) is 0 Å². The molecule has 7 heteroatoms. The van der Waals surface area contributed by atoms with Crippen molar-refractivity contribution >= 4 is 15.9 Å². The zero-order chi connectivity index (χ0) is 17.2. The van der Waals surface area contributed by atoms with E-state index in [1.54, 1.807) is 12.1 Å². The molecular weight excluding hydrogens is 328 g/mol. The molecule has 0 unspecified atom stereocenters. The normalized spacial score (nSPS) is 22.2. The van der Waals surface area contributed by atoms with Crippen LogP contribution < -0.4 is 5.32 Å². The Morgan fingerprint density at radius 3 is 2.88 bits per heavy atom. The lowest BCUT2D eigenvalue weighted by Gasteiger charge is -2.25. The first-order chi connectivity index (χ1) is 11.5. The van der Waals surface area contributed by atoms with Crippen LogP contribution in [-0.2, 0) is 14.8 Å². The minimum absolute atomic E-state index is 0.00651. The van der Waals surface area contributed by atoms with Crippen molar-refractivity contribution in [3.63, 3.8) is 0 Å². The SMILES string of the molecule is CC1=CCN(S(=O)(=O)c2cccc(C(=O)N[C@H]3CCOC3)c2)CC1. The van der Waals surface area contributed by atoms with Gasteiger partial charge in [0.25, 0.3) is 5.91 Å². The molecule has 1 saturated heterocycles. The predicted molar refractivity (Wildman–Crippen MR) is 90.3 cm³/mol. The van der Waals surface area contributed by atoms with Crippen LogP contribution in [0.25, 0.3) is 0 Å². The molecule has 130 valence electrons. The third-order valence-electron chi connectivity index (χ3n) is 4.40. The number of carbonyl (C=O) groups excluding carboxylic acids is 1. The highest BCUT2D eigenvalue weighted by Gasteiger charge is 2.26. The Morgan fingerprint density at radius 1 is 1.38 bits per heavy atom. The van der Waals surface area contributed by atoms with Gasteiger partial charge in [0.15, 0.2) is 0 Å². The highest BCUT2D eigenvalue weighted by atomic mass is 32.2. The Balaban J connectivity index is 1.78. The number of nitrogens with zero attached hydrogens (tertiary/aromatic N) is 1. The molecule has 0 spiro atoms. The fraction of sp³-hybridized carbons (Fsp3) is 0.471. The Kier molecular flexibility index (Phi) is 5.03. The zero-order valence-corrected chi connectivity index (χ0v) is 14.5. The zero-order valence-electron chi connectivity index (χ0n) is 13.7. The summed E-state index contributed by atoms with van der Waals surface area (Å²) in [6.07, 6.45) is 3.45. The van der Waals surface area contributed by atoms with Crippen LogP contribution in [0, 0.1) is 0 Å². The lowest BCUT2D eigenvalue weighted by molar-refractivity contribution is 0.0929. The second kappa shape index (κ2) is 7.04. The molecule has 0 aliphatic carbocycles. The number of carbonyl (C=O) groups is 1. The van der Waals surface area contributed by atoms with Crippen LogP contribution in [0.4, 0.5) is 0 Å². The number of rotatable bonds is 4. The van der Waals surface area contributed by atoms with Crippen molar-refractivity contribution in [2.45, 2.75) is 30.7 Å². The minimum Gasteiger partial charge on any atom is -0.379 e. The van der Waals surface area contributed by atoms with Crippen molar-refractivity contribution in [1.82, 2.24) is 9.62 Å². The van der Waals surface area contributed by atoms with Gasteiger partial charge in [-0.25, -0.2) is 8.42 Å². The maximum atomic E-state index is 12.8. The van der Waals surface area contributed by atoms with Crippen LogP contribution in [0.15, 0.2) is 40.8 Å². The highest BCUT2D eigenvalue weighted by molar-refractivity contribution is 7.89. The second-order valence-corrected chi connectivity index (χ2v) is 8.16. The predicted octanol–water partition coefficient (Wildman–Crippen LogP) is 1.55. The summed E-state index contributed by atoms with van der Waals surface area (Å²) in [5.41, 5.74) is 1.56. The maximum absolute atomic E-state index is 12.8. The number of benzene rings is 1. The van der Waals surface area contributed by atoms with E-state index in [9.17, 15) is 13.2 Å². The first kappa shape index (κ1) is 17.1. The molecule has 24 heavy (non-hydrogen) atoms. The van der Waals surface area contributed by atoms with Gasteiger partial charge in [-0.05, 0) is 38.0 Å². The standard InChI is InChI=1S/C17H22N2O4S/c1-13-5-8-19(9-6-13)24(21,22)16-4-2-3-14(11-16)17(20)18-15-7-10-23-12-15/h2-5,11,15H,6-10,12H2,1H3,(H,18,20)/t15-/m0/s1. The average Bonchev–Trinajstić information content (AvgIpc) is 3.08. The Morgan fingerprint density at radius 2 is 2.21 bits per heavy atom. The lowest BCUT2D eigenvalue weighted by Crippen LogP contribution is -2.36. The molecule has 0 bridgehead atoms. The van der Waals surface area contributed by atoms with E-state index in [4.69, 9.17) is 4.74 Å². The second-order valence-electron chi connectivity index (χ2n) is 6.23.